The fourth-order valence-electron chi connectivity index (χ4n) is 1.16. The Morgan fingerprint density at radius 2 is 2.19 bits per heavy atom. The number of nitrogens with two attached hydrogens (primary N) is 1. The SMILES string of the molecule is CS(=O)(=O)CCNc1ccc(C#N)cc1N. The fourth-order valence-corrected chi connectivity index (χ4v) is 1.64. The first-order valence-electron chi connectivity index (χ1n) is 4.63. The van der Waals surface area contributed by atoms with Crippen molar-refractivity contribution in [1.29, 1.82) is 5.26 Å². The van der Waals surface area contributed by atoms with Crippen molar-refractivity contribution < 1.29 is 8.42 Å². The van der Waals surface area contributed by atoms with Gasteiger partial charge in [-0.2, -0.15) is 5.26 Å². The standard InChI is InChI=1S/C10H13N3O2S/c1-16(14,15)5-4-13-10-3-2-8(7-11)6-9(10)12/h2-3,6,13H,4-5,12H2,1H3. The lowest BCUT2D eigenvalue weighted by molar-refractivity contribution is 0.602. The van der Waals surface area contributed by atoms with Gasteiger partial charge >= 0.3 is 0 Å². The van der Waals surface area contributed by atoms with Gasteiger partial charge in [-0.15, -0.1) is 0 Å². The summed E-state index contributed by atoms with van der Waals surface area (Å²) in [6, 6.07) is 6.80. The minimum absolute atomic E-state index is 0.0481. The highest BCUT2D eigenvalue weighted by atomic mass is 32.2. The summed E-state index contributed by atoms with van der Waals surface area (Å²) in [7, 11) is -2.98. The Morgan fingerprint density at radius 1 is 1.50 bits per heavy atom. The number of nitriles is 1. The molecule has 6 heteroatoms. The Kier molecular flexibility index (Phi) is 3.74. The van der Waals surface area contributed by atoms with E-state index in [0.717, 1.165) is 0 Å². The molecular formula is C10H13N3O2S. The van der Waals surface area contributed by atoms with Crippen LogP contribution in [0, 0.1) is 11.3 Å². The fraction of sp³-hybridized carbons (Fsp3) is 0.300. The van der Waals surface area contributed by atoms with Gasteiger partial charge in [0.1, 0.15) is 9.84 Å². The molecule has 0 bridgehead atoms. The first kappa shape index (κ1) is 12.3. The van der Waals surface area contributed by atoms with Crippen LogP contribution in [0.4, 0.5) is 11.4 Å². The third kappa shape index (κ3) is 3.79. The number of nitrogens with one attached hydrogen (secondary N) is 1. The van der Waals surface area contributed by atoms with Crippen molar-refractivity contribution in [3.8, 4) is 6.07 Å². The van der Waals surface area contributed by atoms with Crippen LogP contribution in [0.3, 0.4) is 0 Å². The van der Waals surface area contributed by atoms with E-state index in [4.69, 9.17) is 11.0 Å². The number of hydrogen-bond acceptors (Lipinski definition) is 5. The van der Waals surface area contributed by atoms with Crippen LogP contribution >= 0.6 is 0 Å². The van der Waals surface area contributed by atoms with Crippen molar-refractivity contribution in [2.75, 3.05) is 29.6 Å². The van der Waals surface area contributed by atoms with Crippen LogP contribution < -0.4 is 11.1 Å². The molecule has 86 valence electrons. The normalized spacial score (nSPS) is 10.8. The number of rotatable bonds is 4. The first-order valence-corrected chi connectivity index (χ1v) is 6.69. The zero-order valence-corrected chi connectivity index (χ0v) is 9.71. The largest absolute Gasteiger partial charge is 0.397 e. The number of nitrogens with zero attached hydrogens (tertiary/aromatic N) is 1. The second kappa shape index (κ2) is 4.86. The summed E-state index contributed by atoms with van der Waals surface area (Å²) >= 11 is 0. The lowest BCUT2D eigenvalue weighted by Crippen LogP contribution is -2.14. The van der Waals surface area contributed by atoms with Crippen molar-refractivity contribution in [2.24, 2.45) is 0 Å². The molecule has 0 aliphatic carbocycles. The smallest absolute Gasteiger partial charge is 0.149 e. The summed E-state index contributed by atoms with van der Waals surface area (Å²) in [5, 5.41) is 11.5. The van der Waals surface area contributed by atoms with Gasteiger partial charge in [-0.3, -0.25) is 0 Å². The highest BCUT2D eigenvalue weighted by Gasteiger charge is 2.03. The Morgan fingerprint density at radius 3 is 2.69 bits per heavy atom. The molecule has 1 rings (SSSR count). The van der Waals surface area contributed by atoms with Crippen LogP contribution in [0.1, 0.15) is 5.56 Å². The Bertz CT molecular complexity index is 517. The van der Waals surface area contributed by atoms with Crippen LogP contribution in [0.25, 0.3) is 0 Å². The molecule has 0 radical (unpaired) electrons. The highest BCUT2D eigenvalue weighted by Crippen LogP contribution is 2.18. The zero-order chi connectivity index (χ0) is 12.2. The predicted molar refractivity (Wildman–Crippen MR) is 63.8 cm³/mol. The summed E-state index contributed by atoms with van der Waals surface area (Å²) in [5.74, 6) is 0.0481. The van der Waals surface area contributed by atoms with Crippen LogP contribution in [0.15, 0.2) is 18.2 Å². The highest BCUT2D eigenvalue weighted by molar-refractivity contribution is 7.90. The van der Waals surface area contributed by atoms with Crippen molar-refractivity contribution in [2.45, 2.75) is 0 Å². The van der Waals surface area contributed by atoms with Gasteiger partial charge in [0, 0.05) is 12.8 Å². The molecule has 0 saturated heterocycles. The molecule has 0 saturated carbocycles. The Hall–Kier alpha value is -1.74. The van der Waals surface area contributed by atoms with Crippen LogP contribution in [0.5, 0.6) is 0 Å². The van der Waals surface area contributed by atoms with Gasteiger partial charge in [0.25, 0.3) is 0 Å². The molecule has 0 heterocycles. The lowest BCUT2D eigenvalue weighted by atomic mass is 10.2. The van der Waals surface area contributed by atoms with Gasteiger partial charge in [0.2, 0.25) is 0 Å². The monoisotopic (exact) mass is 239 g/mol. The van der Waals surface area contributed by atoms with E-state index >= 15 is 0 Å². The summed E-state index contributed by atoms with van der Waals surface area (Å²) in [4.78, 5) is 0. The van der Waals surface area contributed by atoms with Gasteiger partial charge in [-0.05, 0) is 18.2 Å². The quantitative estimate of drug-likeness (QED) is 0.750. The summed E-state index contributed by atoms with van der Waals surface area (Å²) in [6.45, 7) is 0.301. The first-order chi connectivity index (χ1) is 7.42. The molecule has 0 spiro atoms. The molecule has 0 aliphatic rings. The molecule has 0 amide bonds. The van der Waals surface area contributed by atoms with Gasteiger partial charge in [-0.1, -0.05) is 0 Å². The van der Waals surface area contributed by atoms with Crippen molar-refractivity contribution in [3.05, 3.63) is 23.8 Å². The molecule has 1 aromatic rings. The molecule has 0 unspecified atom stereocenters. The average Bonchev–Trinajstić information content (AvgIpc) is 2.18. The van der Waals surface area contributed by atoms with E-state index in [-0.39, 0.29) is 5.75 Å². The zero-order valence-electron chi connectivity index (χ0n) is 8.90. The van der Waals surface area contributed by atoms with Gasteiger partial charge < -0.3 is 11.1 Å². The molecule has 0 aliphatic heterocycles. The van der Waals surface area contributed by atoms with Crippen LogP contribution in [-0.2, 0) is 9.84 Å². The summed E-state index contributed by atoms with van der Waals surface area (Å²) in [5.41, 5.74) is 7.24. The second-order valence-corrected chi connectivity index (χ2v) is 5.73. The van der Waals surface area contributed by atoms with Crippen molar-refractivity contribution in [3.63, 3.8) is 0 Å². The number of benzene rings is 1. The number of hydrogen-bond donors (Lipinski definition) is 2. The van der Waals surface area contributed by atoms with Gasteiger partial charge in [0.05, 0.1) is 28.8 Å². The molecule has 0 aromatic heterocycles. The summed E-state index contributed by atoms with van der Waals surface area (Å²) in [6.07, 6.45) is 1.18. The third-order valence-corrected chi connectivity index (χ3v) is 2.91. The Labute approximate surface area is 94.8 Å². The Balaban J connectivity index is 2.66. The van der Waals surface area contributed by atoms with E-state index in [1.807, 2.05) is 6.07 Å². The van der Waals surface area contributed by atoms with E-state index < -0.39 is 9.84 Å². The molecule has 0 atom stereocenters. The topological polar surface area (TPSA) is 96.0 Å². The van der Waals surface area contributed by atoms with Crippen molar-refractivity contribution in [1.82, 2.24) is 0 Å². The molecule has 1 aromatic carbocycles. The van der Waals surface area contributed by atoms with Crippen molar-refractivity contribution >= 4 is 21.2 Å². The maximum Gasteiger partial charge on any atom is 0.149 e. The average molecular weight is 239 g/mol. The van der Waals surface area contributed by atoms with Crippen LogP contribution in [0.2, 0.25) is 0 Å². The molecule has 5 nitrogen and oxygen atoms in total. The molecule has 16 heavy (non-hydrogen) atoms. The van der Waals surface area contributed by atoms with E-state index in [1.54, 1.807) is 18.2 Å². The third-order valence-electron chi connectivity index (χ3n) is 1.97. The van der Waals surface area contributed by atoms with E-state index in [2.05, 4.69) is 5.32 Å². The molecule has 3 N–H and O–H groups in total. The lowest BCUT2D eigenvalue weighted by Gasteiger charge is -2.08. The van der Waals surface area contributed by atoms with Gasteiger partial charge in [-0.25, -0.2) is 8.42 Å². The molecule has 0 fully saturated rings. The van der Waals surface area contributed by atoms with E-state index in [0.29, 0.717) is 23.5 Å². The number of sulfone groups is 1. The summed E-state index contributed by atoms with van der Waals surface area (Å²) < 4.78 is 21.8. The molecular weight excluding hydrogens is 226 g/mol. The maximum absolute atomic E-state index is 10.9. The van der Waals surface area contributed by atoms with E-state index in [9.17, 15) is 8.42 Å². The number of anilines is 2. The minimum atomic E-state index is -2.98. The van der Waals surface area contributed by atoms with Crippen LogP contribution in [-0.4, -0.2) is 27.0 Å². The minimum Gasteiger partial charge on any atom is -0.397 e. The maximum atomic E-state index is 10.9. The van der Waals surface area contributed by atoms with Gasteiger partial charge in [0.15, 0.2) is 0 Å². The number of nitrogen functional groups attached to an aromatic ring is 1. The van der Waals surface area contributed by atoms with E-state index in [1.165, 1.54) is 6.26 Å². The second-order valence-electron chi connectivity index (χ2n) is 3.47. The predicted octanol–water partition coefficient (Wildman–Crippen LogP) is 0.597.